The van der Waals surface area contributed by atoms with Crippen LogP contribution in [0.2, 0.25) is 0 Å². The minimum Gasteiger partial charge on any atom is -0.445 e. The van der Waals surface area contributed by atoms with E-state index >= 15 is 0 Å². The van der Waals surface area contributed by atoms with Crippen LogP contribution in [-0.4, -0.2) is 37.9 Å². The number of nitrogens with one attached hydrogen (secondary N) is 1. The summed E-state index contributed by atoms with van der Waals surface area (Å²) in [6, 6.07) is 9.05. The van der Waals surface area contributed by atoms with Gasteiger partial charge >= 0.3 is 6.09 Å². The maximum absolute atomic E-state index is 11.7. The quantitative estimate of drug-likeness (QED) is 0.849. The lowest BCUT2D eigenvalue weighted by molar-refractivity contribution is 0.131. The monoisotopic (exact) mass is 313 g/mol. The highest BCUT2D eigenvalue weighted by molar-refractivity contribution is 7.86. The molecule has 0 saturated carbocycles. The average Bonchev–Trinajstić information content (AvgIpc) is 2.46. The fourth-order valence-corrected chi connectivity index (χ4v) is 2.99. The number of alkyl carbamates (subject to hydrolysis) is 1. The lowest BCUT2D eigenvalue weighted by Crippen LogP contribution is -2.51. The molecule has 1 aliphatic heterocycles. The second kappa shape index (κ2) is 6.88. The number of nitrogens with zero attached hydrogens (tertiary/aromatic N) is 1. The van der Waals surface area contributed by atoms with Crippen LogP contribution in [0.5, 0.6) is 0 Å². The van der Waals surface area contributed by atoms with E-state index in [-0.39, 0.29) is 19.2 Å². The zero-order valence-corrected chi connectivity index (χ0v) is 12.4. The van der Waals surface area contributed by atoms with E-state index in [0.717, 1.165) is 5.56 Å². The molecule has 21 heavy (non-hydrogen) atoms. The van der Waals surface area contributed by atoms with E-state index in [0.29, 0.717) is 19.4 Å². The highest BCUT2D eigenvalue weighted by atomic mass is 32.2. The van der Waals surface area contributed by atoms with Gasteiger partial charge in [0.1, 0.15) is 6.61 Å². The molecule has 116 valence electrons. The van der Waals surface area contributed by atoms with Crippen LogP contribution in [0.3, 0.4) is 0 Å². The average molecular weight is 313 g/mol. The minimum absolute atomic E-state index is 0.179. The largest absolute Gasteiger partial charge is 0.445 e. The van der Waals surface area contributed by atoms with Crippen LogP contribution in [0.15, 0.2) is 30.3 Å². The SMILES string of the molecule is NS(=O)(=O)N1CCC[C@H](NC(=O)OCc2ccccc2)C1. The third-order valence-corrected chi connectivity index (χ3v) is 4.33. The maximum Gasteiger partial charge on any atom is 0.407 e. The molecule has 0 radical (unpaired) electrons. The number of carbonyl (C=O) groups is 1. The molecule has 0 aliphatic carbocycles. The molecule has 1 heterocycles. The third-order valence-electron chi connectivity index (χ3n) is 3.28. The smallest absolute Gasteiger partial charge is 0.407 e. The van der Waals surface area contributed by atoms with Crippen LogP contribution in [0.25, 0.3) is 0 Å². The Labute approximate surface area is 124 Å². The number of nitrogens with two attached hydrogens (primary N) is 1. The van der Waals surface area contributed by atoms with E-state index in [1.54, 1.807) is 0 Å². The Morgan fingerprint density at radius 3 is 2.76 bits per heavy atom. The first kappa shape index (κ1) is 15.7. The molecule has 0 unspecified atom stereocenters. The summed E-state index contributed by atoms with van der Waals surface area (Å²) in [6.07, 6.45) is 0.798. The van der Waals surface area contributed by atoms with Crippen molar-refractivity contribution in [1.29, 1.82) is 0 Å². The molecule has 7 nitrogen and oxygen atoms in total. The Bertz CT molecular complexity index is 576. The molecule has 1 saturated heterocycles. The summed E-state index contributed by atoms with van der Waals surface area (Å²) in [7, 11) is -3.71. The summed E-state index contributed by atoms with van der Waals surface area (Å²) >= 11 is 0. The first-order valence-corrected chi connectivity index (χ1v) is 8.20. The predicted molar refractivity (Wildman–Crippen MR) is 77.5 cm³/mol. The van der Waals surface area contributed by atoms with Gasteiger partial charge in [-0.3, -0.25) is 0 Å². The van der Waals surface area contributed by atoms with E-state index in [9.17, 15) is 13.2 Å². The molecule has 0 spiro atoms. The molecule has 2 rings (SSSR count). The van der Waals surface area contributed by atoms with Crippen molar-refractivity contribution in [3.63, 3.8) is 0 Å². The maximum atomic E-state index is 11.7. The van der Waals surface area contributed by atoms with Gasteiger partial charge in [0, 0.05) is 19.1 Å². The van der Waals surface area contributed by atoms with Gasteiger partial charge in [-0.1, -0.05) is 30.3 Å². The predicted octanol–water partition coefficient (Wildman–Crippen LogP) is 0.581. The summed E-state index contributed by atoms with van der Waals surface area (Å²) in [4.78, 5) is 11.7. The highest BCUT2D eigenvalue weighted by Crippen LogP contribution is 2.12. The Morgan fingerprint density at radius 2 is 2.10 bits per heavy atom. The summed E-state index contributed by atoms with van der Waals surface area (Å²) in [5.41, 5.74) is 0.891. The number of carbonyl (C=O) groups excluding carboxylic acids is 1. The fraction of sp³-hybridized carbons (Fsp3) is 0.462. The van der Waals surface area contributed by atoms with Crippen molar-refractivity contribution < 1.29 is 17.9 Å². The normalized spacial score (nSPS) is 20.0. The number of piperidine rings is 1. The summed E-state index contributed by atoms with van der Waals surface area (Å²) in [5.74, 6) is 0. The van der Waals surface area contributed by atoms with Crippen LogP contribution in [0.4, 0.5) is 4.79 Å². The van der Waals surface area contributed by atoms with Gasteiger partial charge in [-0.2, -0.15) is 12.7 Å². The Kier molecular flexibility index (Phi) is 5.16. The number of hydrogen-bond acceptors (Lipinski definition) is 4. The zero-order chi connectivity index (χ0) is 15.3. The summed E-state index contributed by atoms with van der Waals surface area (Å²) in [6.45, 7) is 0.744. The van der Waals surface area contributed by atoms with Crippen molar-refractivity contribution in [2.45, 2.75) is 25.5 Å². The first-order chi connectivity index (χ1) is 9.95. The van der Waals surface area contributed by atoms with Gasteiger partial charge in [0.2, 0.25) is 0 Å². The number of hydrogen-bond donors (Lipinski definition) is 2. The molecule has 8 heteroatoms. The van der Waals surface area contributed by atoms with E-state index in [2.05, 4.69) is 5.32 Å². The van der Waals surface area contributed by atoms with E-state index in [1.165, 1.54) is 4.31 Å². The molecular weight excluding hydrogens is 294 g/mol. The van der Waals surface area contributed by atoms with Gasteiger partial charge < -0.3 is 10.1 Å². The fourth-order valence-electron chi connectivity index (χ4n) is 2.22. The molecule has 3 N–H and O–H groups in total. The molecule has 0 aromatic heterocycles. The molecule has 0 bridgehead atoms. The van der Waals surface area contributed by atoms with Crippen molar-refractivity contribution in [1.82, 2.24) is 9.62 Å². The Morgan fingerprint density at radius 1 is 1.38 bits per heavy atom. The molecule has 1 aromatic carbocycles. The lowest BCUT2D eigenvalue weighted by atomic mass is 10.1. The van der Waals surface area contributed by atoms with E-state index in [1.807, 2.05) is 30.3 Å². The minimum atomic E-state index is -3.71. The van der Waals surface area contributed by atoms with Gasteiger partial charge in [-0.25, -0.2) is 9.93 Å². The van der Waals surface area contributed by atoms with Crippen LogP contribution in [0, 0.1) is 0 Å². The van der Waals surface area contributed by atoms with Crippen LogP contribution in [-0.2, 0) is 21.6 Å². The molecule has 1 aliphatic rings. The van der Waals surface area contributed by atoms with Crippen LogP contribution >= 0.6 is 0 Å². The first-order valence-electron chi connectivity index (χ1n) is 6.70. The van der Waals surface area contributed by atoms with E-state index in [4.69, 9.17) is 9.88 Å². The molecule has 1 amide bonds. The van der Waals surface area contributed by atoms with Crippen molar-refractivity contribution in [3.05, 3.63) is 35.9 Å². The molecule has 1 atom stereocenters. The topological polar surface area (TPSA) is 102 Å². The van der Waals surface area contributed by atoms with Crippen molar-refractivity contribution in [3.8, 4) is 0 Å². The highest BCUT2D eigenvalue weighted by Gasteiger charge is 2.27. The van der Waals surface area contributed by atoms with E-state index < -0.39 is 16.3 Å². The molecular formula is C13H19N3O4S. The number of rotatable bonds is 4. The second-order valence-corrected chi connectivity index (χ2v) is 6.49. The Balaban J connectivity index is 1.80. The third kappa shape index (κ3) is 5.00. The summed E-state index contributed by atoms with van der Waals surface area (Å²) < 4.78 is 28.8. The van der Waals surface area contributed by atoms with Gasteiger partial charge in [0.15, 0.2) is 0 Å². The van der Waals surface area contributed by atoms with Crippen LogP contribution in [0.1, 0.15) is 18.4 Å². The standard InChI is InChI=1S/C13H19N3O4S/c14-21(18,19)16-8-4-7-12(9-16)15-13(17)20-10-11-5-2-1-3-6-11/h1-3,5-6,12H,4,7-10H2,(H,15,17)(H2,14,18,19)/t12-/m0/s1. The molecule has 1 aromatic rings. The van der Waals surface area contributed by atoms with Crippen molar-refractivity contribution >= 4 is 16.3 Å². The number of benzene rings is 1. The van der Waals surface area contributed by atoms with Crippen molar-refractivity contribution in [2.24, 2.45) is 5.14 Å². The lowest BCUT2D eigenvalue weighted by Gasteiger charge is -2.30. The van der Waals surface area contributed by atoms with Gasteiger partial charge in [0.25, 0.3) is 10.2 Å². The number of amides is 1. The van der Waals surface area contributed by atoms with Gasteiger partial charge in [-0.15, -0.1) is 0 Å². The summed E-state index contributed by atoms with van der Waals surface area (Å²) in [5, 5.41) is 7.76. The van der Waals surface area contributed by atoms with Gasteiger partial charge in [0.05, 0.1) is 0 Å². The van der Waals surface area contributed by atoms with Gasteiger partial charge in [-0.05, 0) is 18.4 Å². The Hall–Kier alpha value is -1.64. The second-order valence-electron chi connectivity index (χ2n) is 4.95. The van der Waals surface area contributed by atoms with Crippen LogP contribution < -0.4 is 10.5 Å². The number of ether oxygens (including phenoxy) is 1. The van der Waals surface area contributed by atoms with Crippen molar-refractivity contribution in [2.75, 3.05) is 13.1 Å². The zero-order valence-electron chi connectivity index (χ0n) is 11.6. The molecule has 1 fully saturated rings.